The molecule has 0 aliphatic rings. The summed E-state index contributed by atoms with van der Waals surface area (Å²) in [5.74, 6) is 0.627. The molecule has 0 radical (unpaired) electrons. The fourth-order valence-corrected chi connectivity index (χ4v) is 2.44. The molecular formula is C16H17IN2O2. The highest BCUT2D eigenvalue weighted by Crippen LogP contribution is 2.20. The first-order chi connectivity index (χ1) is 10.1. The lowest BCUT2D eigenvalue weighted by atomic mass is 10.1. The molecular weight excluding hydrogens is 379 g/mol. The van der Waals surface area contributed by atoms with E-state index in [1.54, 1.807) is 0 Å². The summed E-state index contributed by atoms with van der Waals surface area (Å²) in [4.78, 5) is 12.3. The number of aryl methyl sites for hydroxylation is 1. The van der Waals surface area contributed by atoms with E-state index in [1.807, 2.05) is 49.4 Å². The zero-order valence-electron chi connectivity index (χ0n) is 11.7. The molecule has 1 amide bonds. The van der Waals surface area contributed by atoms with Crippen molar-refractivity contribution in [1.29, 1.82) is 0 Å². The Balaban J connectivity index is 2.07. The number of halogens is 1. The number of anilines is 1. The van der Waals surface area contributed by atoms with Gasteiger partial charge in [0.2, 0.25) is 0 Å². The van der Waals surface area contributed by atoms with Gasteiger partial charge in [-0.25, -0.2) is 0 Å². The number of benzene rings is 2. The number of nitrogens with two attached hydrogens (primary N) is 1. The Kier molecular flexibility index (Phi) is 5.58. The molecule has 0 saturated carbocycles. The van der Waals surface area contributed by atoms with E-state index in [9.17, 15) is 4.79 Å². The number of ether oxygens (including phenoxy) is 1. The van der Waals surface area contributed by atoms with Crippen LogP contribution in [0.1, 0.15) is 15.9 Å². The molecule has 5 heteroatoms. The highest BCUT2D eigenvalue weighted by Gasteiger charge is 2.11. The van der Waals surface area contributed by atoms with Crippen molar-refractivity contribution >= 4 is 34.2 Å². The van der Waals surface area contributed by atoms with E-state index in [2.05, 4.69) is 27.9 Å². The predicted octanol–water partition coefficient (Wildman–Crippen LogP) is 3.19. The second-order valence-corrected chi connectivity index (χ2v) is 5.63. The van der Waals surface area contributed by atoms with E-state index in [4.69, 9.17) is 10.5 Å². The molecule has 21 heavy (non-hydrogen) atoms. The number of amides is 1. The SMILES string of the molecule is Cc1cccc(C(=O)Nc2ccc(OCCN)cc2)c1I. The van der Waals surface area contributed by atoms with Crippen molar-refractivity contribution in [3.8, 4) is 5.75 Å². The van der Waals surface area contributed by atoms with Gasteiger partial charge >= 0.3 is 0 Å². The third-order valence-corrected chi connectivity index (χ3v) is 4.37. The lowest BCUT2D eigenvalue weighted by Crippen LogP contribution is -2.14. The van der Waals surface area contributed by atoms with Gasteiger partial charge in [-0.15, -0.1) is 0 Å². The van der Waals surface area contributed by atoms with E-state index in [1.165, 1.54) is 0 Å². The van der Waals surface area contributed by atoms with Crippen LogP contribution in [0.15, 0.2) is 42.5 Å². The molecule has 0 unspecified atom stereocenters. The van der Waals surface area contributed by atoms with Crippen LogP contribution in [0, 0.1) is 10.5 Å². The fourth-order valence-electron chi connectivity index (χ4n) is 1.83. The van der Waals surface area contributed by atoms with Crippen LogP contribution in [0.3, 0.4) is 0 Å². The van der Waals surface area contributed by atoms with Crippen molar-refractivity contribution in [1.82, 2.24) is 0 Å². The van der Waals surface area contributed by atoms with Gasteiger partial charge in [0.1, 0.15) is 12.4 Å². The van der Waals surface area contributed by atoms with Crippen LogP contribution in [-0.2, 0) is 0 Å². The quantitative estimate of drug-likeness (QED) is 0.764. The molecule has 0 fully saturated rings. The van der Waals surface area contributed by atoms with Crippen LogP contribution in [0.4, 0.5) is 5.69 Å². The lowest BCUT2D eigenvalue weighted by molar-refractivity contribution is 0.102. The molecule has 0 saturated heterocycles. The van der Waals surface area contributed by atoms with Crippen molar-refractivity contribution in [3.05, 3.63) is 57.2 Å². The van der Waals surface area contributed by atoms with Gasteiger partial charge in [0.15, 0.2) is 0 Å². The summed E-state index contributed by atoms with van der Waals surface area (Å²) < 4.78 is 6.36. The van der Waals surface area contributed by atoms with E-state index >= 15 is 0 Å². The molecule has 0 heterocycles. The van der Waals surface area contributed by atoms with Gasteiger partial charge in [-0.3, -0.25) is 4.79 Å². The van der Waals surface area contributed by atoms with Crippen molar-refractivity contribution < 1.29 is 9.53 Å². The average molecular weight is 396 g/mol. The summed E-state index contributed by atoms with van der Waals surface area (Å²) in [7, 11) is 0. The number of hydrogen-bond acceptors (Lipinski definition) is 3. The molecule has 110 valence electrons. The zero-order valence-corrected chi connectivity index (χ0v) is 13.9. The Hall–Kier alpha value is -1.60. The lowest BCUT2D eigenvalue weighted by Gasteiger charge is -2.09. The highest BCUT2D eigenvalue weighted by atomic mass is 127. The van der Waals surface area contributed by atoms with E-state index in [0.717, 1.165) is 20.6 Å². The largest absolute Gasteiger partial charge is 0.492 e. The maximum absolute atomic E-state index is 12.3. The summed E-state index contributed by atoms with van der Waals surface area (Å²) in [6, 6.07) is 12.9. The van der Waals surface area contributed by atoms with Gasteiger partial charge in [0, 0.05) is 15.8 Å². The molecule has 3 N–H and O–H groups in total. The molecule has 2 rings (SSSR count). The second-order valence-electron chi connectivity index (χ2n) is 4.55. The number of hydrogen-bond donors (Lipinski definition) is 2. The topological polar surface area (TPSA) is 64.3 Å². The van der Waals surface area contributed by atoms with Gasteiger partial charge in [0.25, 0.3) is 5.91 Å². The normalized spacial score (nSPS) is 10.2. The van der Waals surface area contributed by atoms with Crippen LogP contribution < -0.4 is 15.8 Å². The van der Waals surface area contributed by atoms with E-state index in [-0.39, 0.29) is 5.91 Å². The Morgan fingerprint density at radius 2 is 1.95 bits per heavy atom. The van der Waals surface area contributed by atoms with Crippen molar-refractivity contribution in [2.24, 2.45) is 5.73 Å². The predicted molar refractivity (Wildman–Crippen MR) is 92.8 cm³/mol. The van der Waals surface area contributed by atoms with Crippen molar-refractivity contribution in [2.75, 3.05) is 18.5 Å². The third kappa shape index (κ3) is 4.18. The molecule has 0 bridgehead atoms. The Labute approximate surface area is 137 Å². The summed E-state index contributed by atoms with van der Waals surface area (Å²) >= 11 is 2.19. The maximum Gasteiger partial charge on any atom is 0.256 e. The summed E-state index contributed by atoms with van der Waals surface area (Å²) in [5.41, 5.74) is 7.89. The minimum Gasteiger partial charge on any atom is -0.492 e. The molecule has 2 aromatic carbocycles. The van der Waals surface area contributed by atoms with E-state index in [0.29, 0.717) is 18.7 Å². The van der Waals surface area contributed by atoms with Gasteiger partial charge in [-0.1, -0.05) is 12.1 Å². The standard InChI is InChI=1S/C16H17IN2O2/c1-11-3-2-4-14(15(11)17)16(20)19-12-5-7-13(8-6-12)21-10-9-18/h2-8H,9-10,18H2,1H3,(H,19,20). The Morgan fingerprint density at radius 3 is 2.62 bits per heavy atom. The first kappa shape index (κ1) is 15.8. The third-order valence-electron chi connectivity index (χ3n) is 2.94. The smallest absolute Gasteiger partial charge is 0.256 e. The van der Waals surface area contributed by atoms with Gasteiger partial charge in [0.05, 0.1) is 5.56 Å². The Bertz CT molecular complexity index is 627. The maximum atomic E-state index is 12.3. The molecule has 0 aromatic heterocycles. The van der Waals surface area contributed by atoms with E-state index < -0.39 is 0 Å². The number of nitrogens with one attached hydrogen (secondary N) is 1. The van der Waals surface area contributed by atoms with Crippen LogP contribution in [0.5, 0.6) is 5.75 Å². The highest BCUT2D eigenvalue weighted by molar-refractivity contribution is 14.1. The first-order valence-corrected chi connectivity index (χ1v) is 7.69. The molecule has 0 spiro atoms. The van der Waals surface area contributed by atoms with Crippen LogP contribution in [-0.4, -0.2) is 19.1 Å². The molecule has 0 aliphatic heterocycles. The fraction of sp³-hybridized carbons (Fsp3) is 0.188. The molecule has 0 atom stereocenters. The summed E-state index contributed by atoms with van der Waals surface area (Å²) in [6.45, 7) is 2.94. The summed E-state index contributed by atoms with van der Waals surface area (Å²) in [5, 5.41) is 2.89. The minimum absolute atomic E-state index is 0.112. The van der Waals surface area contributed by atoms with Crippen LogP contribution in [0.2, 0.25) is 0 Å². The number of rotatable bonds is 5. The first-order valence-electron chi connectivity index (χ1n) is 6.61. The van der Waals surface area contributed by atoms with Gasteiger partial charge in [-0.2, -0.15) is 0 Å². The molecule has 4 nitrogen and oxygen atoms in total. The average Bonchev–Trinajstić information content (AvgIpc) is 2.49. The summed E-state index contributed by atoms with van der Waals surface area (Å²) in [6.07, 6.45) is 0. The minimum atomic E-state index is -0.112. The molecule has 0 aliphatic carbocycles. The van der Waals surface area contributed by atoms with Crippen LogP contribution >= 0.6 is 22.6 Å². The zero-order chi connectivity index (χ0) is 15.2. The van der Waals surface area contributed by atoms with Crippen molar-refractivity contribution in [2.45, 2.75) is 6.92 Å². The number of carbonyl (C=O) groups is 1. The van der Waals surface area contributed by atoms with Crippen molar-refractivity contribution in [3.63, 3.8) is 0 Å². The second kappa shape index (κ2) is 7.42. The van der Waals surface area contributed by atoms with Crippen LogP contribution in [0.25, 0.3) is 0 Å². The molecule has 2 aromatic rings. The number of carbonyl (C=O) groups excluding carboxylic acids is 1. The van der Waals surface area contributed by atoms with Gasteiger partial charge in [-0.05, 0) is 65.4 Å². The Morgan fingerprint density at radius 1 is 1.24 bits per heavy atom. The van der Waals surface area contributed by atoms with Gasteiger partial charge < -0.3 is 15.8 Å². The monoisotopic (exact) mass is 396 g/mol.